The van der Waals surface area contributed by atoms with Crippen LogP contribution >= 0.6 is 10.8 Å². The largest absolute Gasteiger partial charge is 0.395 e. The molecule has 5 nitrogen and oxygen atoms in total. The standard InChI is InChI=1S/C3H9NO4S2/c4-1-3(2-5)9-10(6,7)8/h3,5H,1-2,4H2,(H,6,7,8). The molecule has 0 saturated carbocycles. The topological polar surface area (TPSA) is 101 Å². The molecule has 4 N–H and O–H groups in total. The summed E-state index contributed by atoms with van der Waals surface area (Å²) in [5.74, 6) is 0. The van der Waals surface area contributed by atoms with Gasteiger partial charge in [0, 0.05) is 17.3 Å². The van der Waals surface area contributed by atoms with E-state index in [1.165, 1.54) is 0 Å². The Morgan fingerprint density at radius 2 is 2.10 bits per heavy atom. The van der Waals surface area contributed by atoms with Crippen LogP contribution in [0.1, 0.15) is 0 Å². The zero-order valence-corrected chi connectivity index (χ0v) is 6.73. The molecule has 0 aliphatic carbocycles. The number of nitrogens with two attached hydrogens (primary N) is 1. The van der Waals surface area contributed by atoms with E-state index in [0.29, 0.717) is 0 Å². The third kappa shape index (κ3) is 5.00. The van der Waals surface area contributed by atoms with Gasteiger partial charge in [0.1, 0.15) is 0 Å². The van der Waals surface area contributed by atoms with Crippen molar-refractivity contribution in [2.45, 2.75) is 5.25 Å². The van der Waals surface area contributed by atoms with Crippen LogP contribution in [0.5, 0.6) is 0 Å². The first-order valence-electron chi connectivity index (χ1n) is 2.46. The molecule has 0 aromatic carbocycles. The van der Waals surface area contributed by atoms with E-state index < -0.39 is 14.4 Å². The minimum absolute atomic E-state index is 0.0148. The van der Waals surface area contributed by atoms with E-state index in [9.17, 15) is 8.42 Å². The number of rotatable bonds is 4. The number of hydrogen-bond acceptors (Lipinski definition) is 5. The maximum atomic E-state index is 10.1. The number of aliphatic hydroxyl groups is 1. The molecule has 0 rings (SSSR count). The highest BCUT2D eigenvalue weighted by atomic mass is 33.1. The SMILES string of the molecule is NCC(CO)SS(=O)(=O)O. The minimum atomic E-state index is -4.07. The zero-order chi connectivity index (χ0) is 8.20. The highest BCUT2D eigenvalue weighted by Gasteiger charge is 2.14. The average molecular weight is 187 g/mol. The van der Waals surface area contributed by atoms with E-state index in [1.54, 1.807) is 0 Å². The summed E-state index contributed by atoms with van der Waals surface area (Å²) >= 11 is 0. The van der Waals surface area contributed by atoms with Gasteiger partial charge in [-0.15, -0.1) is 0 Å². The van der Waals surface area contributed by atoms with Gasteiger partial charge in [-0.3, -0.25) is 4.55 Å². The molecule has 0 fully saturated rings. The molecule has 0 bridgehead atoms. The van der Waals surface area contributed by atoms with Crippen molar-refractivity contribution in [2.75, 3.05) is 13.2 Å². The van der Waals surface area contributed by atoms with Crippen LogP contribution < -0.4 is 5.73 Å². The first kappa shape index (κ1) is 10.2. The Morgan fingerprint density at radius 3 is 2.20 bits per heavy atom. The number of hydrogen-bond donors (Lipinski definition) is 3. The zero-order valence-electron chi connectivity index (χ0n) is 5.10. The fraction of sp³-hybridized carbons (Fsp3) is 1.00. The predicted octanol–water partition coefficient (Wildman–Crippen LogP) is -1.16. The van der Waals surface area contributed by atoms with Crippen LogP contribution in [0.2, 0.25) is 0 Å². The second-order valence-corrected chi connectivity index (χ2v) is 5.12. The Balaban J connectivity index is 3.87. The Morgan fingerprint density at radius 1 is 1.60 bits per heavy atom. The molecule has 0 heterocycles. The van der Waals surface area contributed by atoms with Gasteiger partial charge in [-0.2, -0.15) is 8.42 Å². The number of aliphatic hydroxyl groups excluding tert-OH is 1. The van der Waals surface area contributed by atoms with E-state index in [4.69, 9.17) is 15.4 Å². The van der Waals surface area contributed by atoms with Gasteiger partial charge in [0.25, 0.3) is 0 Å². The maximum Gasteiger partial charge on any atom is 0.320 e. The fourth-order valence-electron chi connectivity index (χ4n) is 0.316. The van der Waals surface area contributed by atoms with Crippen LogP contribution in [0, 0.1) is 0 Å². The lowest BCUT2D eigenvalue weighted by molar-refractivity contribution is 0.296. The monoisotopic (exact) mass is 187 g/mol. The Kier molecular flexibility index (Phi) is 4.22. The van der Waals surface area contributed by atoms with Gasteiger partial charge in [-0.1, -0.05) is 0 Å². The van der Waals surface area contributed by atoms with Gasteiger partial charge in [0.2, 0.25) is 0 Å². The lowest BCUT2D eigenvalue weighted by Crippen LogP contribution is -2.22. The molecule has 0 radical (unpaired) electrons. The summed E-state index contributed by atoms with van der Waals surface area (Å²) < 4.78 is 28.4. The summed E-state index contributed by atoms with van der Waals surface area (Å²) in [6.07, 6.45) is 0. The van der Waals surface area contributed by atoms with Crippen molar-refractivity contribution in [3.63, 3.8) is 0 Å². The van der Waals surface area contributed by atoms with Crippen molar-refractivity contribution in [2.24, 2.45) is 5.73 Å². The second-order valence-electron chi connectivity index (χ2n) is 1.56. The van der Waals surface area contributed by atoms with Crippen LogP contribution in [0.4, 0.5) is 0 Å². The molecular formula is C3H9NO4S2. The molecule has 0 aromatic heterocycles. The smallest absolute Gasteiger partial charge is 0.320 e. The van der Waals surface area contributed by atoms with Crippen LogP contribution in [0.3, 0.4) is 0 Å². The second kappa shape index (κ2) is 4.14. The Hall–Kier alpha value is 0.180. The first-order chi connectivity index (χ1) is 4.49. The summed E-state index contributed by atoms with van der Waals surface area (Å²) in [5.41, 5.74) is 5.03. The van der Waals surface area contributed by atoms with E-state index in [1.807, 2.05) is 0 Å². The summed E-state index contributed by atoms with van der Waals surface area (Å²) in [4.78, 5) is 0. The van der Waals surface area contributed by atoms with Crippen molar-refractivity contribution in [1.29, 1.82) is 0 Å². The lowest BCUT2D eigenvalue weighted by Gasteiger charge is -2.06. The lowest BCUT2D eigenvalue weighted by atomic mass is 10.5. The minimum Gasteiger partial charge on any atom is -0.395 e. The maximum absolute atomic E-state index is 10.1. The van der Waals surface area contributed by atoms with Crippen molar-refractivity contribution >= 4 is 19.9 Å². The Labute approximate surface area is 62.8 Å². The molecule has 1 unspecified atom stereocenters. The first-order valence-corrected chi connectivity index (χ1v) is 5.30. The van der Waals surface area contributed by atoms with Gasteiger partial charge < -0.3 is 10.8 Å². The van der Waals surface area contributed by atoms with Crippen LogP contribution in [0.25, 0.3) is 0 Å². The van der Waals surface area contributed by atoms with Gasteiger partial charge in [0.05, 0.1) is 11.9 Å². The van der Waals surface area contributed by atoms with Gasteiger partial charge >= 0.3 is 9.15 Å². The molecule has 0 aromatic rings. The summed E-state index contributed by atoms with van der Waals surface area (Å²) in [6.45, 7) is -0.345. The molecule has 0 amide bonds. The van der Waals surface area contributed by atoms with Crippen molar-refractivity contribution in [1.82, 2.24) is 0 Å². The quantitative estimate of drug-likeness (QED) is 0.379. The molecular weight excluding hydrogens is 178 g/mol. The molecule has 0 spiro atoms. The van der Waals surface area contributed by atoms with E-state index in [0.717, 1.165) is 0 Å². The normalized spacial score (nSPS) is 15.1. The fourth-order valence-corrected chi connectivity index (χ4v) is 2.25. The van der Waals surface area contributed by atoms with Crippen molar-refractivity contribution in [3.8, 4) is 0 Å². The summed E-state index contributed by atoms with van der Waals surface area (Å²) in [6, 6.07) is 0. The molecule has 0 saturated heterocycles. The third-order valence-corrected chi connectivity index (χ3v) is 3.13. The van der Waals surface area contributed by atoms with Gasteiger partial charge in [-0.25, -0.2) is 0 Å². The molecule has 7 heteroatoms. The van der Waals surface area contributed by atoms with Crippen molar-refractivity contribution in [3.05, 3.63) is 0 Å². The van der Waals surface area contributed by atoms with Crippen LogP contribution in [-0.2, 0) is 9.15 Å². The Bertz CT molecular complexity index is 173. The highest BCUT2D eigenvalue weighted by molar-refractivity contribution is 8.70. The third-order valence-electron chi connectivity index (χ3n) is 0.724. The van der Waals surface area contributed by atoms with E-state index in [2.05, 4.69) is 0 Å². The van der Waals surface area contributed by atoms with Crippen LogP contribution in [-0.4, -0.2) is 36.5 Å². The highest BCUT2D eigenvalue weighted by Crippen LogP contribution is 2.15. The van der Waals surface area contributed by atoms with E-state index in [-0.39, 0.29) is 23.9 Å². The predicted molar refractivity (Wildman–Crippen MR) is 39.1 cm³/mol. The van der Waals surface area contributed by atoms with Crippen molar-refractivity contribution < 1.29 is 18.1 Å². The molecule has 0 aliphatic rings. The summed E-state index contributed by atoms with van der Waals surface area (Å²) in [7, 11) is -3.82. The molecule has 0 aliphatic heterocycles. The van der Waals surface area contributed by atoms with E-state index >= 15 is 0 Å². The van der Waals surface area contributed by atoms with Gasteiger partial charge in [0.15, 0.2) is 0 Å². The average Bonchev–Trinajstić information content (AvgIpc) is 1.81. The van der Waals surface area contributed by atoms with Crippen LogP contribution in [0.15, 0.2) is 0 Å². The molecule has 62 valence electrons. The summed E-state index contributed by atoms with van der Waals surface area (Å²) in [5, 5.41) is 7.77. The van der Waals surface area contributed by atoms with Gasteiger partial charge in [-0.05, 0) is 0 Å². The molecule has 10 heavy (non-hydrogen) atoms. The molecule has 1 atom stereocenters.